The van der Waals surface area contributed by atoms with E-state index in [0.29, 0.717) is 5.56 Å². The summed E-state index contributed by atoms with van der Waals surface area (Å²) in [7, 11) is 0. The molecule has 0 aromatic heterocycles. The van der Waals surface area contributed by atoms with Crippen molar-refractivity contribution in [3.8, 4) is 0 Å². The Hall–Kier alpha value is -0.880. The smallest absolute Gasteiger partial charge is 0.256 e. The summed E-state index contributed by atoms with van der Waals surface area (Å²) in [4.78, 5) is 12.2. The number of halogens is 2. The number of carbonyl (C=O) groups is 1. The van der Waals surface area contributed by atoms with E-state index in [2.05, 4.69) is 43.8 Å². The summed E-state index contributed by atoms with van der Waals surface area (Å²) < 4.78 is 2.03. The highest BCUT2D eigenvalue weighted by atomic mass is 127. The summed E-state index contributed by atoms with van der Waals surface area (Å²) in [5, 5.41) is 2.94. The van der Waals surface area contributed by atoms with Crippen LogP contribution in [0.5, 0.6) is 0 Å². The molecule has 1 N–H and O–H groups in total. The Kier molecular flexibility index (Phi) is 4.62. The van der Waals surface area contributed by atoms with Gasteiger partial charge < -0.3 is 5.32 Å². The van der Waals surface area contributed by atoms with E-state index in [4.69, 9.17) is 0 Å². The minimum Gasteiger partial charge on any atom is -0.322 e. The molecule has 0 saturated carbocycles. The van der Waals surface area contributed by atoms with Crippen LogP contribution in [0.25, 0.3) is 0 Å². The molecular weight excluding hydrogens is 417 g/mol. The Bertz CT molecular complexity index is 617. The van der Waals surface area contributed by atoms with E-state index < -0.39 is 0 Å². The fourth-order valence-electron chi connectivity index (χ4n) is 1.86. The van der Waals surface area contributed by atoms with E-state index in [1.807, 2.05) is 50.2 Å². The number of anilines is 1. The largest absolute Gasteiger partial charge is 0.322 e. The van der Waals surface area contributed by atoms with Gasteiger partial charge in [0.1, 0.15) is 0 Å². The van der Waals surface area contributed by atoms with Gasteiger partial charge in [-0.25, -0.2) is 0 Å². The maximum atomic E-state index is 12.2. The molecule has 0 bridgehead atoms. The minimum atomic E-state index is -0.0777. The number of benzene rings is 2. The van der Waals surface area contributed by atoms with Crippen LogP contribution in [0.1, 0.15) is 21.5 Å². The van der Waals surface area contributed by atoms with Crippen molar-refractivity contribution in [3.63, 3.8) is 0 Å². The summed E-state index contributed by atoms with van der Waals surface area (Å²) in [6, 6.07) is 11.5. The summed E-state index contributed by atoms with van der Waals surface area (Å²) in [6.45, 7) is 4.03. The van der Waals surface area contributed by atoms with Crippen molar-refractivity contribution in [2.24, 2.45) is 0 Å². The van der Waals surface area contributed by atoms with Gasteiger partial charge in [0, 0.05) is 13.7 Å². The number of hydrogen-bond acceptors (Lipinski definition) is 1. The van der Waals surface area contributed by atoms with E-state index in [-0.39, 0.29) is 5.91 Å². The summed E-state index contributed by atoms with van der Waals surface area (Å²) >= 11 is 5.69. The summed E-state index contributed by atoms with van der Waals surface area (Å²) in [5.74, 6) is -0.0777. The number of carbonyl (C=O) groups excluding carboxylic acids is 1. The van der Waals surface area contributed by atoms with Gasteiger partial charge in [-0.05, 0) is 71.8 Å². The standard InChI is InChI=1S/C15H13BrINO/c1-9-7-11(8-10(2)14(9)16)18-15(19)12-5-3-4-6-13(12)17/h3-8H,1-2H3,(H,18,19). The molecule has 0 spiro atoms. The number of hydrogen-bond donors (Lipinski definition) is 1. The molecule has 0 saturated heterocycles. The highest BCUT2D eigenvalue weighted by Crippen LogP contribution is 2.25. The molecule has 0 aliphatic rings. The summed E-state index contributed by atoms with van der Waals surface area (Å²) in [6.07, 6.45) is 0. The molecule has 0 aliphatic carbocycles. The first-order valence-corrected chi connectivity index (χ1v) is 7.69. The molecule has 2 aromatic rings. The number of aryl methyl sites for hydroxylation is 2. The van der Waals surface area contributed by atoms with Crippen molar-refractivity contribution in [1.82, 2.24) is 0 Å². The van der Waals surface area contributed by atoms with Gasteiger partial charge >= 0.3 is 0 Å². The molecule has 4 heteroatoms. The Balaban J connectivity index is 2.27. The Morgan fingerprint density at radius 2 is 1.74 bits per heavy atom. The van der Waals surface area contributed by atoms with Gasteiger partial charge in [0.25, 0.3) is 5.91 Å². The summed E-state index contributed by atoms with van der Waals surface area (Å²) in [5.41, 5.74) is 3.74. The Morgan fingerprint density at radius 1 is 1.16 bits per heavy atom. The molecule has 0 fully saturated rings. The van der Waals surface area contributed by atoms with Crippen molar-refractivity contribution < 1.29 is 4.79 Å². The quantitative estimate of drug-likeness (QED) is 0.674. The first-order valence-electron chi connectivity index (χ1n) is 5.81. The molecular formula is C15H13BrINO. The van der Waals surface area contributed by atoms with Crippen LogP contribution >= 0.6 is 38.5 Å². The van der Waals surface area contributed by atoms with E-state index >= 15 is 0 Å². The molecule has 98 valence electrons. The predicted octanol–water partition coefficient (Wildman–Crippen LogP) is 4.92. The lowest BCUT2D eigenvalue weighted by Gasteiger charge is -2.10. The van der Waals surface area contributed by atoms with Crippen LogP contribution in [0.2, 0.25) is 0 Å². The SMILES string of the molecule is Cc1cc(NC(=O)c2ccccc2I)cc(C)c1Br. The van der Waals surface area contributed by atoms with Crippen LogP contribution in [0.4, 0.5) is 5.69 Å². The maximum absolute atomic E-state index is 12.2. The van der Waals surface area contributed by atoms with Crippen LogP contribution in [-0.4, -0.2) is 5.91 Å². The molecule has 0 aliphatic heterocycles. The molecule has 0 heterocycles. The van der Waals surface area contributed by atoms with E-state index in [0.717, 1.165) is 24.9 Å². The third-order valence-corrected chi connectivity index (χ3v) is 5.00. The van der Waals surface area contributed by atoms with Gasteiger partial charge in [-0.2, -0.15) is 0 Å². The predicted molar refractivity (Wildman–Crippen MR) is 90.7 cm³/mol. The lowest BCUT2D eigenvalue weighted by Crippen LogP contribution is -2.13. The van der Waals surface area contributed by atoms with Gasteiger partial charge in [0.05, 0.1) is 5.56 Å². The van der Waals surface area contributed by atoms with Gasteiger partial charge in [-0.3, -0.25) is 4.79 Å². The molecule has 0 atom stereocenters. The Morgan fingerprint density at radius 3 is 2.32 bits per heavy atom. The van der Waals surface area contributed by atoms with Crippen LogP contribution in [0.3, 0.4) is 0 Å². The average molecular weight is 430 g/mol. The second kappa shape index (κ2) is 6.05. The van der Waals surface area contributed by atoms with E-state index in [1.54, 1.807) is 0 Å². The molecule has 2 aromatic carbocycles. The monoisotopic (exact) mass is 429 g/mol. The normalized spacial score (nSPS) is 10.3. The van der Waals surface area contributed by atoms with Crippen molar-refractivity contribution >= 4 is 50.1 Å². The van der Waals surface area contributed by atoms with E-state index in [9.17, 15) is 4.79 Å². The van der Waals surface area contributed by atoms with Gasteiger partial charge in [0.15, 0.2) is 0 Å². The highest BCUT2D eigenvalue weighted by molar-refractivity contribution is 14.1. The first-order chi connectivity index (χ1) is 8.99. The minimum absolute atomic E-state index is 0.0777. The second-order valence-corrected chi connectivity index (χ2v) is 6.31. The zero-order valence-corrected chi connectivity index (χ0v) is 14.4. The first kappa shape index (κ1) is 14.5. The second-order valence-electron chi connectivity index (χ2n) is 4.36. The van der Waals surface area contributed by atoms with Gasteiger partial charge in [-0.15, -0.1) is 0 Å². The fourth-order valence-corrected chi connectivity index (χ4v) is 2.72. The van der Waals surface area contributed by atoms with Crippen molar-refractivity contribution in [2.75, 3.05) is 5.32 Å². The highest BCUT2D eigenvalue weighted by Gasteiger charge is 2.10. The molecule has 1 amide bonds. The van der Waals surface area contributed by atoms with Crippen LogP contribution < -0.4 is 5.32 Å². The average Bonchev–Trinajstić information content (AvgIpc) is 2.36. The maximum Gasteiger partial charge on any atom is 0.256 e. The number of rotatable bonds is 2. The zero-order chi connectivity index (χ0) is 14.0. The lowest BCUT2D eigenvalue weighted by atomic mass is 10.1. The van der Waals surface area contributed by atoms with Crippen molar-refractivity contribution in [2.45, 2.75) is 13.8 Å². The lowest BCUT2D eigenvalue weighted by molar-refractivity contribution is 0.102. The Labute approximate surface area is 134 Å². The van der Waals surface area contributed by atoms with Crippen LogP contribution in [0.15, 0.2) is 40.9 Å². The third-order valence-electron chi connectivity index (χ3n) is 2.81. The van der Waals surface area contributed by atoms with Crippen molar-refractivity contribution in [1.29, 1.82) is 0 Å². The zero-order valence-electron chi connectivity index (χ0n) is 10.6. The van der Waals surface area contributed by atoms with Gasteiger partial charge in [0.2, 0.25) is 0 Å². The topological polar surface area (TPSA) is 29.1 Å². The van der Waals surface area contributed by atoms with Crippen LogP contribution in [-0.2, 0) is 0 Å². The molecule has 19 heavy (non-hydrogen) atoms. The molecule has 2 nitrogen and oxygen atoms in total. The van der Waals surface area contributed by atoms with Gasteiger partial charge in [-0.1, -0.05) is 28.1 Å². The van der Waals surface area contributed by atoms with Crippen LogP contribution in [0, 0.1) is 17.4 Å². The molecule has 0 radical (unpaired) electrons. The fraction of sp³-hybridized carbons (Fsp3) is 0.133. The van der Waals surface area contributed by atoms with E-state index in [1.165, 1.54) is 0 Å². The van der Waals surface area contributed by atoms with Crippen molar-refractivity contribution in [3.05, 3.63) is 61.1 Å². The number of amides is 1. The molecule has 2 rings (SSSR count). The third kappa shape index (κ3) is 3.36. The number of nitrogens with one attached hydrogen (secondary N) is 1. The molecule has 0 unspecified atom stereocenters.